The molecule has 4 nitrogen and oxygen atoms in total. The Morgan fingerprint density at radius 1 is 1.32 bits per heavy atom. The highest BCUT2D eigenvalue weighted by Crippen LogP contribution is 2.25. The number of aryl methyl sites for hydroxylation is 1. The maximum Gasteiger partial charge on any atom is 0.141 e. The number of benzene rings is 1. The van der Waals surface area contributed by atoms with Gasteiger partial charge in [0.25, 0.3) is 0 Å². The van der Waals surface area contributed by atoms with Crippen LogP contribution in [-0.4, -0.2) is 12.1 Å². The van der Waals surface area contributed by atoms with Gasteiger partial charge < -0.3 is 10.1 Å². The van der Waals surface area contributed by atoms with Crippen LogP contribution in [0.1, 0.15) is 16.8 Å². The molecule has 2 rings (SSSR count). The zero-order valence-electron chi connectivity index (χ0n) is 11.0. The molecule has 0 saturated heterocycles. The van der Waals surface area contributed by atoms with Crippen molar-refractivity contribution in [3.63, 3.8) is 0 Å². The number of nitrogens with one attached hydrogen (secondary N) is 1. The fourth-order valence-corrected chi connectivity index (χ4v) is 1.80. The van der Waals surface area contributed by atoms with Gasteiger partial charge in [-0.25, -0.2) is 4.98 Å². The minimum atomic E-state index is 0.426. The van der Waals surface area contributed by atoms with E-state index < -0.39 is 0 Å². The Morgan fingerprint density at radius 3 is 2.89 bits per heavy atom. The van der Waals surface area contributed by atoms with Gasteiger partial charge in [0.2, 0.25) is 0 Å². The average Bonchev–Trinajstić information content (AvgIpc) is 2.45. The van der Waals surface area contributed by atoms with Crippen molar-refractivity contribution in [2.75, 3.05) is 12.4 Å². The molecule has 96 valence electrons. The van der Waals surface area contributed by atoms with Crippen LogP contribution in [0.4, 0.5) is 5.69 Å². The largest absolute Gasteiger partial charge is 0.495 e. The summed E-state index contributed by atoms with van der Waals surface area (Å²) in [5, 5.41) is 12.1. The monoisotopic (exact) mass is 253 g/mol. The van der Waals surface area contributed by atoms with Gasteiger partial charge in [0.1, 0.15) is 17.5 Å². The Bertz CT molecular complexity index is 617. The second-order valence-corrected chi connectivity index (χ2v) is 4.22. The summed E-state index contributed by atoms with van der Waals surface area (Å²) in [7, 11) is 1.65. The van der Waals surface area contributed by atoms with E-state index in [0.717, 1.165) is 22.6 Å². The van der Waals surface area contributed by atoms with Crippen molar-refractivity contribution in [1.29, 1.82) is 5.26 Å². The second kappa shape index (κ2) is 5.87. The van der Waals surface area contributed by atoms with Crippen LogP contribution in [0.25, 0.3) is 0 Å². The summed E-state index contributed by atoms with van der Waals surface area (Å²) < 4.78 is 5.31. The molecular formula is C15H15N3O. The van der Waals surface area contributed by atoms with Crippen LogP contribution in [0.2, 0.25) is 0 Å². The van der Waals surface area contributed by atoms with Gasteiger partial charge in [-0.1, -0.05) is 6.07 Å². The Hall–Kier alpha value is -2.54. The van der Waals surface area contributed by atoms with Crippen molar-refractivity contribution >= 4 is 5.69 Å². The lowest BCUT2D eigenvalue weighted by Gasteiger charge is -2.12. The summed E-state index contributed by atoms with van der Waals surface area (Å²) >= 11 is 0. The zero-order valence-corrected chi connectivity index (χ0v) is 11.0. The zero-order chi connectivity index (χ0) is 13.7. The molecule has 19 heavy (non-hydrogen) atoms. The Morgan fingerprint density at radius 2 is 2.16 bits per heavy atom. The quantitative estimate of drug-likeness (QED) is 0.910. The Labute approximate surface area is 112 Å². The van der Waals surface area contributed by atoms with E-state index in [1.165, 1.54) is 0 Å². The summed E-state index contributed by atoms with van der Waals surface area (Å²) in [6, 6.07) is 11.7. The number of hydrogen-bond donors (Lipinski definition) is 1. The summed E-state index contributed by atoms with van der Waals surface area (Å²) in [6.45, 7) is 2.65. The topological polar surface area (TPSA) is 57.9 Å². The fourth-order valence-electron chi connectivity index (χ4n) is 1.80. The summed E-state index contributed by atoms with van der Waals surface area (Å²) in [5.41, 5.74) is 3.54. The molecule has 0 aliphatic heterocycles. The number of anilines is 1. The molecule has 0 aliphatic rings. The van der Waals surface area contributed by atoms with Gasteiger partial charge >= 0.3 is 0 Å². The van der Waals surface area contributed by atoms with Gasteiger partial charge in [-0.15, -0.1) is 0 Å². The molecule has 0 aliphatic carbocycles. The SMILES string of the molecule is COc1ccc(C)cc1NCc1ccnc(C#N)c1. The summed E-state index contributed by atoms with van der Waals surface area (Å²) in [6.07, 6.45) is 1.64. The molecule has 4 heteroatoms. The smallest absolute Gasteiger partial charge is 0.141 e. The van der Waals surface area contributed by atoms with Crippen molar-refractivity contribution in [2.45, 2.75) is 13.5 Å². The van der Waals surface area contributed by atoms with Crippen LogP contribution < -0.4 is 10.1 Å². The van der Waals surface area contributed by atoms with Gasteiger partial charge in [0, 0.05) is 12.7 Å². The number of methoxy groups -OCH3 is 1. The number of rotatable bonds is 4. The first kappa shape index (κ1) is 12.9. The van der Waals surface area contributed by atoms with Crippen molar-refractivity contribution in [3.8, 4) is 11.8 Å². The number of nitrogens with zero attached hydrogens (tertiary/aromatic N) is 2. The number of ether oxygens (including phenoxy) is 1. The predicted octanol–water partition coefficient (Wildman–Crippen LogP) is 2.88. The van der Waals surface area contributed by atoms with E-state index in [2.05, 4.69) is 10.3 Å². The first-order valence-electron chi connectivity index (χ1n) is 5.96. The molecule has 1 aromatic carbocycles. The molecular weight excluding hydrogens is 238 g/mol. The summed E-state index contributed by atoms with van der Waals surface area (Å²) in [5.74, 6) is 0.806. The first-order chi connectivity index (χ1) is 9.22. The molecule has 0 fully saturated rings. The highest BCUT2D eigenvalue weighted by atomic mass is 16.5. The van der Waals surface area contributed by atoms with Gasteiger partial charge in [-0.05, 0) is 42.3 Å². The molecule has 1 aromatic heterocycles. The molecule has 1 N–H and O–H groups in total. The van der Waals surface area contributed by atoms with Crippen molar-refractivity contribution in [1.82, 2.24) is 4.98 Å². The lowest BCUT2D eigenvalue weighted by molar-refractivity contribution is 0.416. The molecule has 0 bridgehead atoms. The average molecular weight is 253 g/mol. The summed E-state index contributed by atoms with van der Waals surface area (Å²) in [4.78, 5) is 3.95. The lowest BCUT2D eigenvalue weighted by atomic mass is 10.2. The Kier molecular flexibility index (Phi) is 3.99. The molecule has 0 atom stereocenters. The van der Waals surface area contributed by atoms with Gasteiger partial charge in [0.15, 0.2) is 0 Å². The predicted molar refractivity (Wildman–Crippen MR) is 74.0 cm³/mol. The van der Waals surface area contributed by atoms with Crippen LogP contribution in [0.15, 0.2) is 36.5 Å². The van der Waals surface area contributed by atoms with Gasteiger partial charge in [-0.2, -0.15) is 5.26 Å². The second-order valence-electron chi connectivity index (χ2n) is 4.22. The number of hydrogen-bond acceptors (Lipinski definition) is 4. The molecule has 0 amide bonds. The van der Waals surface area contributed by atoms with E-state index in [1.54, 1.807) is 19.4 Å². The molecule has 0 saturated carbocycles. The number of aromatic nitrogens is 1. The van der Waals surface area contributed by atoms with Gasteiger partial charge in [-0.3, -0.25) is 0 Å². The number of pyridine rings is 1. The van der Waals surface area contributed by atoms with Crippen LogP contribution in [0, 0.1) is 18.3 Å². The highest BCUT2D eigenvalue weighted by molar-refractivity contribution is 5.58. The third-order valence-corrected chi connectivity index (χ3v) is 2.78. The van der Waals surface area contributed by atoms with E-state index in [9.17, 15) is 0 Å². The van der Waals surface area contributed by atoms with E-state index in [4.69, 9.17) is 10.00 Å². The third-order valence-electron chi connectivity index (χ3n) is 2.78. The van der Waals surface area contributed by atoms with E-state index in [1.807, 2.05) is 37.3 Å². The van der Waals surface area contributed by atoms with Crippen molar-refractivity contribution < 1.29 is 4.74 Å². The highest BCUT2D eigenvalue weighted by Gasteiger charge is 2.03. The lowest BCUT2D eigenvalue weighted by Crippen LogP contribution is -2.02. The number of nitriles is 1. The maximum absolute atomic E-state index is 8.81. The first-order valence-corrected chi connectivity index (χ1v) is 5.96. The molecule has 2 aromatic rings. The van der Waals surface area contributed by atoms with E-state index in [0.29, 0.717) is 12.2 Å². The van der Waals surface area contributed by atoms with Crippen LogP contribution in [0.5, 0.6) is 5.75 Å². The van der Waals surface area contributed by atoms with Crippen LogP contribution in [-0.2, 0) is 6.54 Å². The maximum atomic E-state index is 8.81. The molecule has 0 spiro atoms. The van der Waals surface area contributed by atoms with Crippen LogP contribution >= 0.6 is 0 Å². The van der Waals surface area contributed by atoms with Gasteiger partial charge in [0.05, 0.1) is 12.8 Å². The Balaban J connectivity index is 2.14. The minimum Gasteiger partial charge on any atom is -0.495 e. The van der Waals surface area contributed by atoms with Crippen molar-refractivity contribution in [2.24, 2.45) is 0 Å². The fraction of sp³-hybridized carbons (Fsp3) is 0.200. The minimum absolute atomic E-state index is 0.426. The molecule has 0 radical (unpaired) electrons. The molecule has 1 heterocycles. The van der Waals surface area contributed by atoms with E-state index >= 15 is 0 Å². The van der Waals surface area contributed by atoms with Crippen molar-refractivity contribution in [3.05, 3.63) is 53.3 Å². The van der Waals surface area contributed by atoms with E-state index in [-0.39, 0.29) is 0 Å². The molecule has 0 unspecified atom stereocenters. The third kappa shape index (κ3) is 3.23. The standard InChI is InChI=1S/C15H15N3O/c1-11-3-4-15(19-2)14(7-11)18-10-12-5-6-17-13(8-12)9-16/h3-8,18H,10H2,1-2H3. The normalized spacial score (nSPS) is 9.74. The van der Waals surface area contributed by atoms with Crippen LogP contribution in [0.3, 0.4) is 0 Å².